The zero-order valence-corrected chi connectivity index (χ0v) is 13.7. The van der Waals surface area contributed by atoms with E-state index >= 15 is 0 Å². The number of rotatable bonds is 8. The lowest BCUT2D eigenvalue weighted by Crippen LogP contribution is -2.14. The molecule has 5 nitrogen and oxygen atoms in total. The van der Waals surface area contributed by atoms with Crippen LogP contribution in [0.4, 0.5) is 5.69 Å². The smallest absolute Gasteiger partial charge is 0.270 e. The summed E-state index contributed by atoms with van der Waals surface area (Å²) in [6.45, 7) is 4.46. The maximum absolute atomic E-state index is 10.7. The van der Waals surface area contributed by atoms with Gasteiger partial charge in [0.1, 0.15) is 0 Å². The summed E-state index contributed by atoms with van der Waals surface area (Å²) in [4.78, 5) is 10.3. The Kier molecular flexibility index (Phi) is 6.52. The average molecular weight is 335 g/mol. The second kappa shape index (κ2) is 8.62. The lowest BCUT2D eigenvalue weighted by atomic mass is 10.1. The number of nitrogens with zero attached hydrogens (tertiary/aromatic N) is 1. The predicted molar refractivity (Wildman–Crippen MR) is 90.4 cm³/mol. The fourth-order valence-corrected chi connectivity index (χ4v) is 2.45. The standard InChI is InChI=1S/C17H19ClN2O3/c1-2-23-12-15-6-4-3-5-13(15)10-19-11-14-7-8-16(20(21)22)9-17(14)18/h3-9,19H,2,10-12H2,1H3. The quantitative estimate of drug-likeness (QED) is 0.583. The van der Waals surface area contributed by atoms with E-state index in [-0.39, 0.29) is 5.69 Å². The van der Waals surface area contributed by atoms with Crippen LogP contribution in [0, 0.1) is 10.1 Å². The summed E-state index contributed by atoms with van der Waals surface area (Å²) in [6, 6.07) is 12.6. The van der Waals surface area contributed by atoms with Gasteiger partial charge in [-0.1, -0.05) is 35.9 Å². The molecule has 0 radical (unpaired) electrons. The van der Waals surface area contributed by atoms with E-state index < -0.39 is 4.92 Å². The van der Waals surface area contributed by atoms with Crippen LogP contribution in [0.5, 0.6) is 0 Å². The first kappa shape index (κ1) is 17.4. The zero-order chi connectivity index (χ0) is 16.7. The molecule has 2 rings (SSSR count). The van der Waals surface area contributed by atoms with E-state index in [1.165, 1.54) is 17.7 Å². The van der Waals surface area contributed by atoms with Crippen LogP contribution in [0.15, 0.2) is 42.5 Å². The van der Waals surface area contributed by atoms with Crippen LogP contribution in [0.3, 0.4) is 0 Å². The van der Waals surface area contributed by atoms with Gasteiger partial charge in [0.15, 0.2) is 0 Å². The Hall–Kier alpha value is -1.95. The normalized spacial score (nSPS) is 10.7. The average Bonchev–Trinajstić information content (AvgIpc) is 2.55. The van der Waals surface area contributed by atoms with Gasteiger partial charge >= 0.3 is 0 Å². The van der Waals surface area contributed by atoms with Gasteiger partial charge in [0.05, 0.1) is 16.6 Å². The molecule has 0 fully saturated rings. The molecule has 122 valence electrons. The summed E-state index contributed by atoms with van der Waals surface area (Å²) in [5.41, 5.74) is 3.15. The highest BCUT2D eigenvalue weighted by atomic mass is 35.5. The minimum atomic E-state index is -0.451. The summed E-state index contributed by atoms with van der Waals surface area (Å²) >= 11 is 6.09. The highest BCUT2D eigenvalue weighted by molar-refractivity contribution is 6.31. The van der Waals surface area contributed by atoms with E-state index in [1.807, 2.05) is 25.1 Å². The van der Waals surface area contributed by atoms with Crippen LogP contribution in [0.2, 0.25) is 5.02 Å². The van der Waals surface area contributed by atoms with Crippen LogP contribution in [-0.4, -0.2) is 11.5 Å². The lowest BCUT2D eigenvalue weighted by Gasteiger charge is -2.11. The van der Waals surface area contributed by atoms with E-state index in [0.29, 0.717) is 31.3 Å². The van der Waals surface area contributed by atoms with Crippen molar-refractivity contribution in [3.05, 3.63) is 74.3 Å². The Bertz CT molecular complexity index is 677. The van der Waals surface area contributed by atoms with Crippen LogP contribution in [-0.2, 0) is 24.4 Å². The number of nitro benzene ring substituents is 1. The Morgan fingerprint density at radius 1 is 1.13 bits per heavy atom. The molecule has 0 spiro atoms. The van der Waals surface area contributed by atoms with Gasteiger partial charge in [-0.25, -0.2) is 0 Å². The van der Waals surface area contributed by atoms with Crippen molar-refractivity contribution in [3.63, 3.8) is 0 Å². The van der Waals surface area contributed by atoms with Crippen LogP contribution >= 0.6 is 11.6 Å². The van der Waals surface area contributed by atoms with Crippen molar-refractivity contribution in [3.8, 4) is 0 Å². The van der Waals surface area contributed by atoms with Crippen LogP contribution in [0.1, 0.15) is 23.6 Å². The summed E-state index contributed by atoms with van der Waals surface area (Å²) in [7, 11) is 0. The fraction of sp³-hybridized carbons (Fsp3) is 0.294. The Morgan fingerprint density at radius 3 is 2.48 bits per heavy atom. The number of nitro groups is 1. The third-order valence-corrected chi connectivity index (χ3v) is 3.81. The third kappa shape index (κ3) is 5.03. The first-order valence-corrected chi connectivity index (χ1v) is 7.77. The predicted octanol–water partition coefficient (Wildman–Crippen LogP) is 4.07. The second-order valence-electron chi connectivity index (χ2n) is 5.04. The topological polar surface area (TPSA) is 64.4 Å². The van der Waals surface area contributed by atoms with E-state index in [9.17, 15) is 10.1 Å². The fourth-order valence-electron chi connectivity index (χ4n) is 2.21. The summed E-state index contributed by atoms with van der Waals surface area (Å²) in [6.07, 6.45) is 0. The van der Waals surface area contributed by atoms with E-state index in [0.717, 1.165) is 11.1 Å². The second-order valence-corrected chi connectivity index (χ2v) is 5.45. The van der Waals surface area contributed by atoms with Crippen molar-refractivity contribution in [2.24, 2.45) is 0 Å². The molecule has 2 aromatic rings. The Labute approximate surface area is 140 Å². The highest BCUT2D eigenvalue weighted by Gasteiger charge is 2.09. The van der Waals surface area contributed by atoms with Gasteiger partial charge in [-0.2, -0.15) is 0 Å². The number of non-ortho nitro benzene ring substituents is 1. The lowest BCUT2D eigenvalue weighted by molar-refractivity contribution is -0.384. The Balaban J connectivity index is 1.96. The number of ether oxygens (including phenoxy) is 1. The van der Waals surface area contributed by atoms with E-state index in [4.69, 9.17) is 16.3 Å². The van der Waals surface area contributed by atoms with Crippen molar-refractivity contribution in [1.29, 1.82) is 0 Å². The van der Waals surface area contributed by atoms with Gasteiger partial charge in [-0.15, -0.1) is 0 Å². The number of hydrogen-bond acceptors (Lipinski definition) is 4. The molecule has 0 atom stereocenters. The molecule has 2 aromatic carbocycles. The minimum absolute atomic E-state index is 0.000750. The first-order chi connectivity index (χ1) is 11.1. The van der Waals surface area contributed by atoms with Gasteiger partial charge in [0, 0.05) is 31.8 Å². The van der Waals surface area contributed by atoms with Crippen molar-refractivity contribution < 1.29 is 9.66 Å². The number of halogens is 1. The van der Waals surface area contributed by atoms with Crippen LogP contribution < -0.4 is 5.32 Å². The molecule has 0 aliphatic heterocycles. The minimum Gasteiger partial charge on any atom is -0.377 e. The van der Waals surface area contributed by atoms with Gasteiger partial charge < -0.3 is 10.1 Å². The molecule has 0 aliphatic rings. The molecule has 0 aromatic heterocycles. The maximum atomic E-state index is 10.7. The molecule has 0 heterocycles. The molecule has 0 amide bonds. The number of nitrogens with one attached hydrogen (secondary N) is 1. The summed E-state index contributed by atoms with van der Waals surface area (Å²) in [5.74, 6) is 0. The number of hydrogen-bond donors (Lipinski definition) is 1. The van der Waals surface area contributed by atoms with Crippen molar-refractivity contribution in [1.82, 2.24) is 5.32 Å². The molecule has 6 heteroatoms. The van der Waals surface area contributed by atoms with E-state index in [2.05, 4.69) is 11.4 Å². The van der Waals surface area contributed by atoms with Gasteiger partial charge in [-0.3, -0.25) is 10.1 Å². The molecular formula is C17H19ClN2O3. The molecule has 0 saturated carbocycles. The number of benzene rings is 2. The molecule has 0 unspecified atom stereocenters. The van der Waals surface area contributed by atoms with Crippen molar-refractivity contribution >= 4 is 17.3 Å². The highest BCUT2D eigenvalue weighted by Crippen LogP contribution is 2.22. The molecule has 1 N–H and O–H groups in total. The summed E-state index contributed by atoms with van der Waals surface area (Å²) < 4.78 is 5.47. The monoisotopic (exact) mass is 334 g/mol. The first-order valence-electron chi connectivity index (χ1n) is 7.40. The molecule has 0 saturated heterocycles. The SMILES string of the molecule is CCOCc1ccccc1CNCc1ccc([N+](=O)[O-])cc1Cl. The third-order valence-electron chi connectivity index (χ3n) is 3.46. The maximum Gasteiger partial charge on any atom is 0.270 e. The van der Waals surface area contributed by atoms with E-state index in [1.54, 1.807) is 6.07 Å². The van der Waals surface area contributed by atoms with Gasteiger partial charge in [-0.05, 0) is 29.7 Å². The zero-order valence-electron chi connectivity index (χ0n) is 12.9. The summed E-state index contributed by atoms with van der Waals surface area (Å²) in [5, 5.41) is 14.4. The van der Waals surface area contributed by atoms with Gasteiger partial charge in [0.2, 0.25) is 0 Å². The van der Waals surface area contributed by atoms with Crippen LogP contribution in [0.25, 0.3) is 0 Å². The molecule has 0 aliphatic carbocycles. The van der Waals surface area contributed by atoms with Crippen molar-refractivity contribution in [2.45, 2.75) is 26.6 Å². The molecule has 23 heavy (non-hydrogen) atoms. The Morgan fingerprint density at radius 2 is 1.83 bits per heavy atom. The molecular weight excluding hydrogens is 316 g/mol. The molecule has 0 bridgehead atoms. The van der Waals surface area contributed by atoms with Gasteiger partial charge in [0.25, 0.3) is 5.69 Å². The van der Waals surface area contributed by atoms with Crippen molar-refractivity contribution in [2.75, 3.05) is 6.61 Å². The largest absolute Gasteiger partial charge is 0.377 e.